The molecule has 31 heavy (non-hydrogen) atoms. The molecule has 3 aromatic rings. The maximum Gasteiger partial charge on any atom is 0.269 e. The second-order valence-electron chi connectivity index (χ2n) is 7.01. The Morgan fingerprint density at radius 3 is 1.61 bits per heavy atom. The van der Waals surface area contributed by atoms with Crippen molar-refractivity contribution in [3.8, 4) is 0 Å². The summed E-state index contributed by atoms with van der Waals surface area (Å²) in [5, 5.41) is 21.8. The van der Waals surface area contributed by atoms with Crippen LogP contribution in [-0.2, 0) is 19.6 Å². The topological polar surface area (TPSA) is 133 Å². The zero-order valence-corrected chi connectivity index (χ0v) is 16.5. The normalized spacial score (nSPS) is 10.7. The maximum absolute atomic E-state index is 11.8. The highest BCUT2D eigenvalue weighted by Gasteiger charge is 2.15. The second-order valence-corrected chi connectivity index (χ2v) is 7.01. The molecule has 1 amide bonds. The number of amides is 1. The number of hydrogen-bond donors (Lipinski definition) is 1. The van der Waals surface area contributed by atoms with E-state index in [-0.39, 0.29) is 11.4 Å². The SMILES string of the molecule is NC(=O)c1ccccc1CN(Cc1ccc([N+](=O)[O-])cc1)Cc1ccc([N+](=O)[O-])cc1. The van der Waals surface area contributed by atoms with Crippen LogP contribution >= 0.6 is 0 Å². The summed E-state index contributed by atoms with van der Waals surface area (Å²) in [5.41, 5.74) is 8.38. The lowest BCUT2D eigenvalue weighted by Gasteiger charge is -2.23. The molecule has 3 rings (SSSR count). The summed E-state index contributed by atoms with van der Waals surface area (Å²) in [5.74, 6) is -0.527. The number of non-ortho nitro benzene ring substituents is 2. The molecule has 0 unspecified atom stereocenters. The van der Waals surface area contributed by atoms with Crippen LogP contribution < -0.4 is 5.73 Å². The third-order valence-corrected chi connectivity index (χ3v) is 4.78. The first-order valence-corrected chi connectivity index (χ1v) is 9.40. The summed E-state index contributed by atoms with van der Waals surface area (Å²) in [6.07, 6.45) is 0. The third-order valence-electron chi connectivity index (χ3n) is 4.78. The van der Waals surface area contributed by atoms with Crippen molar-refractivity contribution in [2.45, 2.75) is 19.6 Å². The van der Waals surface area contributed by atoms with Crippen LogP contribution in [-0.4, -0.2) is 20.7 Å². The van der Waals surface area contributed by atoms with Crippen molar-refractivity contribution in [3.05, 3.63) is 115 Å². The first-order valence-electron chi connectivity index (χ1n) is 9.40. The Bertz CT molecular complexity index is 1040. The van der Waals surface area contributed by atoms with E-state index in [4.69, 9.17) is 5.73 Å². The minimum absolute atomic E-state index is 0.00439. The first kappa shape index (κ1) is 21.6. The van der Waals surface area contributed by atoms with E-state index < -0.39 is 15.8 Å². The van der Waals surface area contributed by atoms with Gasteiger partial charge in [0, 0.05) is 49.5 Å². The van der Waals surface area contributed by atoms with Gasteiger partial charge in [-0.1, -0.05) is 42.5 Å². The molecule has 0 spiro atoms. The molecule has 9 nitrogen and oxygen atoms in total. The van der Waals surface area contributed by atoms with Crippen LogP contribution in [0.3, 0.4) is 0 Å². The highest BCUT2D eigenvalue weighted by molar-refractivity contribution is 5.94. The van der Waals surface area contributed by atoms with E-state index in [1.54, 1.807) is 36.4 Å². The van der Waals surface area contributed by atoms with Crippen LogP contribution in [0.15, 0.2) is 72.8 Å². The van der Waals surface area contributed by atoms with E-state index in [0.29, 0.717) is 25.2 Å². The molecule has 158 valence electrons. The van der Waals surface area contributed by atoms with Gasteiger partial charge in [0.15, 0.2) is 0 Å². The Morgan fingerprint density at radius 1 is 0.742 bits per heavy atom. The van der Waals surface area contributed by atoms with E-state index in [1.807, 2.05) is 17.0 Å². The Morgan fingerprint density at radius 2 is 1.19 bits per heavy atom. The van der Waals surface area contributed by atoms with E-state index in [9.17, 15) is 25.0 Å². The molecule has 0 aliphatic carbocycles. The van der Waals surface area contributed by atoms with E-state index in [0.717, 1.165) is 16.7 Å². The molecule has 0 saturated carbocycles. The highest BCUT2D eigenvalue weighted by atomic mass is 16.6. The zero-order valence-electron chi connectivity index (χ0n) is 16.5. The lowest BCUT2D eigenvalue weighted by Crippen LogP contribution is -2.24. The molecule has 0 heterocycles. The lowest BCUT2D eigenvalue weighted by molar-refractivity contribution is -0.385. The number of hydrogen-bond acceptors (Lipinski definition) is 6. The number of benzene rings is 3. The fourth-order valence-electron chi connectivity index (χ4n) is 3.27. The number of carbonyl (C=O) groups is 1. The highest BCUT2D eigenvalue weighted by Crippen LogP contribution is 2.20. The van der Waals surface area contributed by atoms with Crippen LogP contribution in [0.5, 0.6) is 0 Å². The number of nitro benzene ring substituents is 2. The van der Waals surface area contributed by atoms with Crippen LogP contribution in [0.25, 0.3) is 0 Å². The van der Waals surface area contributed by atoms with Crippen LogP contribution in [0, 0.1) is 20.2 Å². The van der Waals surface area contributed by atoms with Gasteiger partial charge in [-0.25, -0.2) is 0 Å². The number of primary amides is 1. The zero-order chi connectivity index (χ0) is 22.4. The lowest BCUT2D eigenvalue weighted by atomic mass is 10.1. The Labute approximate surface area is 178 Å². The van der Waals surface area contributed by atoms with Crippen molar-refractivity contribution >= 4 is 17.3 Å². The largest absolute Gasteiger partial charge is 0.366 e. The van der Waals surface area contributed by atoms with Gasteiger partial charge in [0.2, 0.25) is 5.91 Å². The number of nitrogens with zero attached hydrogens (tertiary/aromatic N) is 3. The molecule has 0 atom stereocenters. The summed E-state index contributed by atoms with van der Waals surface area (Å²) < 4.78 is 0. The molecule has 0 aliphatic rings. The summed E-state index contributed by atoms with van der Waals surface area (Å²) in [6.45, 7) is 1.29. The Balaban J connectivity index is 1.86. The first-order chi connectivity index (χ1) is 14.8. The van der Waals surface area contributed by atoms with Gasteiger partial charge < -0.3 is 5.73 Å². The van der Waals surface area contributed by atoms with Crippen molar-refractivity contribution < 1.29 is 14.6 Å². The van der Waals surface area contributed by atoms with E-state index >= 15 is 0 Å². The predicted octanol–water partition coefficient (Wildman–Crippen LogP) is 3.80. The fraction of sp³-hybridized carbons (Fsp3) is 0.136. The molecule has 0 fully saturated rings. The molecule has 0 aliphatic heterocycles. The summed E-state index contributed by atoms with van der Waals surface area (Å²) in [4.78, 5) is 34.7. The predicted molar refractivity (Wildman–Crippen MR) is 114 cm³/mol. The van der Waals surface area contributed by atoms with E-state index in [2.05, 4.69) is 0 Å². The quantitative estimate of drug-likeness (QED) is 0.413. The van der Waals surface area contributed by atoms with Gasteiger partial charge >= 0.3 is 0 Å². The summed E-state index contributed by atoms with van der Waals surface area (Å²) in [6, 6.07) is 19.5. The standard InChI is InChI=1S/C22H20N4O5/c23-22(27)21-4-2-1-3-18(21)15-24(13-16-5-9-19(10-6-16)25(28)29)14-17-7-11-20(12-8-17)26(30)31/h1-12H,13-15H2,(H2,23,27). The number of rotatable bonds is 9. The molecular formula is C22H20N4O5. The smallest absolute Gasteiger partial charge is 0.269 e. The van der Waals surface area contributed by atoms with Crippen molar-refractivity contribution in [2.24, 2.45) is 5.73 Å². The third kappa shape index (κ3) is 5.71. The maximum atomic E-state index is 11.8. The van der Waals surface area contributed by atoms with Crippen LogP contribution in [0.1, 0.15) is 27.0 Å². The Kier molecular flexibility index (Phi) is 6.68. The van der Waals surface area contributed by atoms with Crippen molar-refractivity contribution in [2.75, 3.05) is 0 Å². The van der Waals surface area contributed by atoms with Gasteiger partial charge in [-0.3, -0.25) is 29.9 Å². The molecule has 0 saturated heterocycles. The van der Waals surface area contributed by atoms with Gasteiger partial charge in [0.1, 0.15) is 0 Å². The number of carbonyl (C=O) groups excluding carboxylic acids is 1. The number of nitrogens with two attached hydrogens (primary N) is 1. The van der Waals surface area contributed by atoms with Crippen LogP contribution in [0.2, 0.25) is 0 Å². The van der Waals surface area contributed by atoms with Crippen LogP contribution in [0.4, 0.5) is 11.4 Å². The van der Waals surface area contributed by atoms with Gasteiger partial charge in [-0.15, -0.1) is 0 Å². The summed E-state index contributed by atoms with van der Waals surface area (Å²) >= 11 is 0. The molecule has 9 heteroatoms. The van der Waals surface area contributed by atoms with E-state index in [1.165, 1.54) is 24.3 Å². The Hall–Kier alpha value is -4.11. The van der Waals surface area contributed by atoms with Crippen molar-refractivity contribution in [3.63, 3.8) is 0 Å². The second kappa shape index (κ2) is 9.59. The monoisotopic (exact) mass is 420 g/mol. The molecule has 0 aromatic heterocycles. The average Bonchev–Trinajstić information content (AvgIpc) is 2.74. The van der Waals surface area contributed by atoms with Gasteiger partial charge in [0.05, 0.1) is 9.85 Å². The molecule has 2 N–H and O–H groups in total. The van der Waals surface area contributed by atoms with Gasteiger partial charge in [-0.2, -0.15) is 0 Å². The minimum atomic E-state index is -0.527. The van der Waals surface area contributed by atoms with Gasteiger partial charge in [0.25, 0.3) is 11.4 Å². The molecule has 3 aromatic carbocycles. The summed E-state index contributed by atoms with van der Waals surface area (Å²) in [7, 11) is 0. The molecular weight excluding hydrogens is 400 g/mol. The van der Waals surface area contributed by atoms with Crippen molar-refractivity contribution in [1.29, 1.82) is 0 Å². The molecule has 0 radical (unpaired) electrons. The fourth-order valence-corrected chi connectivity index (χ4v) is 3.27. The number of nitro groups is 2. The van der Waals surface area contributed by atoms with Gasteiger partial charge in [-0.05, 0) is 22.8 Å². The van der Waals surface area contributed by atoms with Crippen molar-refractivity contribution in [1.82, 2.24) is 4.90 Å². The average molecular weight is 420 g/mol. The molecule has 0 bridgehead atoms. The minimum Gasteiger partial charge on any atom is -0.366 e.